The number of hydrogen-bond donors (Lipinski definition) is 1. The minimum absolute atomic E-state index is 0.0490. The van der Waals surface area contributed by atoms with Crippen molar-refractivity contribution >= 4 is 34.7 Å². The van der Waals surface area contributed by atoms with Crippen LogP contribution in [0.2, 0.25) is 0 Å². The molecule has 0 saturated carbocycles. The summed E-state index contributed by atoms with van der Waals surface area (Å²) in [7, 11) is 0. The lowest BCUT2D eigenvalue weighted by molar-refractivity contribution is -0.286. The maximum atomic E-state index is 12.9. The molecular weight excluding hydrogens is 358 g/mol. The van der Waals surface area contributed by atoms with E-state index in [-0.39, 0.29) is 17.4 Å². The maximum Gasteiger partial charge on any atom is 0.586 e. The monoisotopic (exact) mass is 372 g/mol. The van der Waals surface area contributed by atoms with Crippen molar-refractivity contribution in [1.82, 2.24) is 4.98 Å². The molecule has 0 spiro atoms. The quantitative estimate of drug-likeness (QED) is 0.776. The first kappa shape index (κ1) is 17.0. The van der Waals surface area contributed by atoms with Gasteiger partial charge < -0.3 is 14.8 Å². The van der Waals surface area contributed by atoms with Crippen molar-refractivity contribution in [2.24, 2.45) is 0 Å². The number of rotatable bonds is 6. The molecule has 0 atom stereocenters. The van der Waals surface area contributed by atoms with Gasteiger partial charge in [0.15, 0.2) is 11.5 Å². The van der Waals surface area contributed by atoms with Crippen LogP contribution >= 0.6 is 23.1 Å². The van der Waals surface area contributed by atoms with E-state index in [1.54, 1.807) is 23.1 Å². The highest BCUT2D eigenvalue weighted by atomic mass is 32.2. The van der Waals surface area contributed by atoms with Crippen LogP contribution in [0.4, 0.5) is 14.5 Å². The molecule has 1 aliphatic rings. The molecule has 0 bridgehead atoms. The average Bonchev–Trinajstić information content (AvgIpc) is 3.04. The van der Waals surface area contributed by atoms with Gasteiger partial charge >= 0.3 is 6.29 Å². The highest BCUT2D eigenvalue weighted by Gasteiger charge is 2.43. The van der Waals surface area contributed by atoms with Crippen molar-refractivity contribution in [2.75, 3.05) is 11.1 Å². The molecule has 1 aliphatic heterocycles. The molecule has 24 heavy (non-hydrogen) atoms. The van der Waals surface area contributed by atoms with Crippen LogP contribution in [0.5, 0.6) is 11.5 Å². The number of carbonyl (C=O) groups excluding carboxylic acids is 1. The summed E-state index contributed by atoms with van der Waals surface area (Å²) in [5, 5.41) is 5.68. The summed E-state index contributed by atoms with van der Waals surface area (Å²) in [5.41, 5.74) is 1.40. The van der Waals surface area contributed by atoms with E-state index in [4.69, 9.17) is 0 Å². The maximum absolute atomic E-state index is 12.9. The second kappa shape index (κ2) is 6.94. The summed E-state index contributed by atoms with van der Waals surface area (Å²) in [6.07, 6.45) is -3.34. The molecule has 0 fully saturated rings. The van der Waals surface area contributed by atoms with E-state index >= 15 is 0 Å². The Morgan fingerprint density at radius 2 is 2.17 bits per heavy atom. The van der Waals surface area contributed by atoms with Crippen molar-refractivity contribution in [3.05, 3.63) is 34.3 Å². The average molecular weight is 372 g/mol. The molecule has 1 aromatic heterocycles. The zero-order valence-corrected chi connectivity index (χ0v) is 14.3. The van der Waals surface area contributed by atoms with Crippen LogP contribution < -0.4 is 14.8 Å². The molecule has 1 N–H and O–H groups in total. The number of aromatic nitrogens is 1. The molecule has 3 rings (SSSR count). The molecule has 0 saturated heterocycles. The van der Waals surface area contributed by atoms with E-state index in [9.17, 15) is 13.6 Å². The fourth-order valence-electron chi connectivity index (χ4n) is 2.07. The Hall–Kier alpha value is -1.87. The van der Waals surface area contributed by atoms with E-state index in [1.807, 2.05) is 12.3 Å². The van der Waals surface area contributed by atoms with E-state index in [0.717, 1.165) is 16.5 Å². The van der Waals surface area contributed by atoms with Crippen LogP contribution in [-0.4, -0.2) is 22.9 Å². The van der Waals surface area contributed by atoms with Crippen LogP contribution in [0.25, 0.3) is 0 Å². The van der Waals surface area contributed by atoms with E-state index in [0.29, 0.717) is 17.9 Å². The summed E-state index contributed by atoms with van der Waals surface area (Å²) in [6.45, 7) is 1.95. The fraction of sp³-hybridized carbons (Fsp3) is 0.333. The summed E-state index contributed by atoms with van der Waals surface area (Å²) in [6, 6.07) is 4.15. The van der Waals surface area contributed by atoms with Crippen LogP contribution in [0.1, 0.15) is 17.1 Å². The van der Waals surface area contributed by atoms with Gasteiger partial charge in [-0.05, 0) is 19.1 Å². The number of amides is 1. The number of nitrogens with one attached hydrogen (secondary N) is 1. The number of anilines is 1. The van der Waals surface area contributed by atoms with E-state index in [1.165, 1.54) is 18.2 Å². The van der Waals surface area contributed by atoms with Crippen LogP contribution in [0.3, 0.4) is 0 Å². The lowest BCUT2D eigenvalue weighted by atomic mass is 10.2. The highest BCUT2D eigenvalue weighted by molar-refractivity contribution is 7.98. The third-order valence-corrected chi connectivity index (χ3v) is 4.89. The molecule has 128 valence electrons. The number of thioether (sulfide) groups is 1. The smallest absolute Gasteiger partial charge is 0.395 e. The topological polar surface area (TPSA) is 60.5 Å². The first-order valence-electron chi connectivity index (χ1n) is 7.10. The summed E-state index contributed by atoms with van der Waals surface area (Å²) in [5.74, 6) is 1.07. The van der Waals surface area contributed by atoms with Gasteiger partial charge in [-0.15, -0.1) is 20.1 Å². The number of nitrogens with zero attached hydrogens (tertiary/aromatic N) is 1. The number of fused-ring (bicyclic) bond motifs is 1. The minimum atomic E-state index is -3.66. The Morgan fingerprint density at radius 1 is 1.38 bits per heavy atom. The van der Waals surface area contributed by atoms with Crippen molar-refractivity contribution in [3.63, 3.8) is 0 Å². The predicted molar refractivity (Wildman–Crippen MR) is 88.9 cm³/mol. The largest absolute Gasteiger partial charge is 0.586 e. The second-order valence-electron chi connectivity index (χ2n) is 5.04. The lowest BCUT2D eigenvalue weighted by Crippen LogP contribution is -2.25. The number of thiazole rings is 1. The number of benzene rings is 1. The van der Waals surface area contributed by atoms with E-state index < -0.39 is 6.29 Å². The number of ether oxygens (including phenoxy) is 2. The van der Waals surface area contributed by atoms with Gasteiger partial charge in [-0.25, -0.2) is 4.98 Å². The third-order valence-electron chi connectivity index (χ3n) is 3.08. The Bertz CT molecular complexity index is 752. The molecule has 2 aromatic rings. The van der Waals surface area contributed by atoms with Gasteiger partial charge in [0.2, 0.25) is 5.91 Å². The van der Waals surface area contributed by atoms with Gasteiger partial charge in [0.05, 0.1) is 10.7 Å². The van der Waals surface area contributed by atoms with Gasteiger partial charge in [-0.3, -0.25) is 4.79 Å². The van der Waals surface area contributed by atoms with Gasteiger partial charge in [0, 0.05) is 35.1 Å². The predicted octanol–water partition coefficient (Wildman–Crippen LogP) is 4.04. The van der Waals surface area contributed by atoms with Gasteiger partial charge in [-0.2, -0.15) is 11.8 Å². The van der Waals surface area contributed by atoms with Crippen LogP contribution in [0, 0.1) is 6.92 Å². The minimum Gasteiger partial charge on any atom is -0.395 e. The van der Waals surface area contributed by atoms with Crippen molar-refractivity contribution in [2.45, 2.75) is 25.4 Å². The SMILES string of the molecule is Cc1nc(CSCCC(=O)Nc2ccc3c(c2)OC(F)(F)O3)cs1. The van der Waals surface area contributed by atoms with Crippen LogP contribution in [-0.2, 0) is 10.5 Å². The lowest BCUT2D eigenvalue weighted by Gasteiger charge is -2.06. The highest BCUT2D eigenvalue weighted by Crippen LogP contribution is 2.42. The number of halogens is 2. The van der Waals surface area contributed by atoms with Gasteiger partial charge in [0.1, 0.15) is 0 Å². The Balaban J connectivity index is 1.44. The number of hydrogen-bond acceptors (Lipinski definition) is 6. The third kappa shape index (κ3) is 4.35. The number of aryl methyl sites for hydroxylation is 1. The van der Waals surface area contributed by atoms with Crippen molar-refractivity contribution in [1.29, 1.82) is 0 Å². The van der Waals surface area contributed by atoms with E-state index in [2.05, 4.69) is 19.8 Å². The molecule has 9 heteroatoms. The molecule has 1 amide bonds. The summed E-state index contributed by atoms with van der Waals surface area (Å²) < 4.78 is 34.5. The zero-order valence-electron chi connectivity index (χ0n) is 12.7. The molecule has 0 aliphatic carbocycles. The Labute approximate surface area is 145 Å². The standard InChI is InChI=1S/C15H14F2N2O3S2/c1-9-18-11(8-24-9)7-23-5-4-14(20)19-10-2-3-12-13(6-10)22-15(16,17)21-12/h2-3,6,8H,4-5,7H2,1H3,(H,19,20). The first-order valence-corrected chi connectivity index (χ1v) is 9.13. The molecule has 0 radical (unpaired) electrons. The molecule has 1 aromatic carbocycles. The Morgan fingerprint density at radius 3 is 2.92 bits per heavy atom. The number of alkyl halides is 2. The fourth-order valence-corrected chi connectivity index (χ4v) is 3.62. The second-order valence-corrected chi connectivity index (χ2v) is 7.21. The van der Waals surface area contributed by atoms with Gasteiger partial charge in [-0.1, -0.05) is 0 Å². The molecule has 2 heterocycles. The van der Waals surface area contributed by atoms with Crippen molar-refractivity contribution in [3.8, 4) is 11.5 Å². The normalized spacial score (nSPS) is 14.6. The van der Waals surface area contributed by atoms with Crippen LogP contribution in [0.15, 0.2) is 23.6 Å². The molecule has 5 nitrogen and oxygen atoms in total. The summed E-state index contributed by atoms with van der Waals surface area (Å²) >= 11 is 3.22. The number of carbonyl (C=O) groups is 1. The van der Waals surface area contributed by atoms with Crippen molar-refractivity contribution < 1.29 is 23.0 Å². The van der Waals surface area contributed by atoms with Gasteiger partial charge in [0.25, 0.3) is 0 Å². The molecular formula is C15H14F2N2O3S2. The zero-order chi connectivity index (χ0) is 17.2. The first-order chi connectivity index (χ1) is 11.4. The molecule has 0 unspecified atom stereocenters. The summed E-state index contributed by atoms with van der Waals surface area (Å²) in [4.78, 5) is 16.2. The Kier molecular flexibility index (Phi) is 4.91.